The van der Waals surface area contributed by atoms with Crippen LogP contribution in [0.15, 0.2) is 52.1 Å². The van der Waals surface area contributed by atoms with Crippen LogP contribution in [0.25, 0.3) is 0 Å². The number of nitrogens with zero attached hydrogens (tertiary/aromatic N) is 3. The van der Waals surface area contributed by atoms with E-state index in [1.165, 1.54) is 6.26 Å². The molecular weight excluding hydrogens is 352 g/mol. The van der Waals surface area contributed by atoms with E-state index in [9.17, 15) is 4.79 Å². The molecule has 0 aliphatic carbocycles. The van der Waals surface area contributed by atoms with E-state index in [0.29, 0.717) is 25.4 Å². The Labute approximate surface area is 158 Å². The molecule has 2 heterocycles. The van der Waals surface area contributed by atoms with Gasteiger partial charge < -0.3 is 19.5 Å². The molecule has 0 saturated carbocycles. The van der Waals surface area contributed by atoms with Crippen LogP contribution in [0.3, 0.4) is 0 Å². The van der Waals surface area contributed by atoms with Gasteiger partial charge in [0.05, 0.1) is 12.8 Å². The summed E-state index contributed by atoms with van der Waals surface area (Å²) in [7, 11) is 0. The Balaban J connectivity index is 1.60. The molecule has 1 fully saturated rings. The quantitative estimate of drug-likeness (QED) is 0.660. The molecule has 1 saturated heterocycles. The molecule has 0 atom stereocenters. The van der Waals surface area contributed by atoms with E-state index in [-0.39, 0.29) is 5.91 Å². The highest BCUT2D eigenvalue weighted by Crippen LogP contribution is 2.12. The molecule has 1 aliphatic rings. The van der Waals surface area contributed by atoms with Crippen LogP contribution >= 0.6 is 11.6 Å². The fourth-order valence-electron chi connectivity index (χ4n) is 2.86. The van der Waals surface area contributed by atoms with E-state index < -0.39 is 0 Å². The maximum absolute atomic E-state index is 12.4. The Morgan fingerprint density at radius 3 is 2.46 bits per heavy atom. The zero-order chi connectivity index (χ0) is 18.4. The minimum Gasteiger partial charge on any atom is -0.459 e. The summed E-state index contributed by atoms with van der Waals surface area (Å²) in [5.41, 5.74) is 1.11. The average Bonchev–Trinajstić information content (AvgIpc) is 3.21. The predicted octanol–water partition coefficient (Wildman–Crippen LogP) is 2.86. The topological polar surface area (TPSA) is 61.1 Å². The maximum atomic E-state index is 12.4. The van der Waals surface area contributed by atoms with Crippen molar-refractivity contribution < 1.29 is 9.21 Å². The number of aliphatic imine (C=N–C) groups is 1. The molecule has 3 rings (SSSR count). The normalized spacial score (nSPS) is 15.2. The lowest BCUT2D eigenvalue weighted by atomic mass is 10.2. The summed E-state index contributed by atoms with van der Waals surface area (Å²) in [5.74, 6) is 1.20. The third-order valence-corrected chi connectivity index (χ3v) is 4.51. The number of nitrogens with one attached hydrogen (secondary N) is 1. The van der Waals surface area contributed by atoms with Gasteiger partial charge >= 0.3 is 0 Å². The Kier molecular flexibility index (Phi) is 6.17. The first kappa shape index (κ1) is 18.3. The van der Waals surface area contributed by atoms with Crippen molar-refractivity contribution in [1.29, 1.82) is 0 Å². The van der Waals surface area contributed by atoms with Gasteiger partial charge in [-0.2, -0.15) is 0 Å². The van der Waals surface area contributed by atoms with Crippen LogP contribution in [0.2, 0.25) is 5.02 Å². The fourth-order valence-corrected chi connectivity index (χ4v) is 2.99. The second-order valence-corrected chi connectivity index (χ2v) is 6.49. The Morgan fingerprint density at radius 1 is 1.15 bits per heavy atom. The van der Waals surface area contributed by atoms with Crippen LogP contribution in [0.5, 0.6) is 0 Å². The van der Waals surface area contributed by atoms with Crippen LogP contribution in [-0.2, 0) is 6.54 Å². The molecule has 7 heteroatoms. The highest BCUT2D eigenvalue weighted by atomic mass is 35.5. The molecule has 0 spiro atoms. The molecule has 1 amide bonds. The number of halogens is 1. The summed E-state index contributed by atoms with van der Waals surface area (Å²) in [4.78, 5) is 21.1. The lowest BCUT2D eigenvalue weighted by Crippen LogP contribution is -2.53. The van der Waals surface area contributed by atoms with E-state index in [0.717, 1.165) is 36.2 Å². The van der Waals surface area contributed by atoms with Crippen molar-refractivity contribution in [2.45, 2.75) is 13.5 Å². The third kappa shape index (κ3) is 4.58. The van der Waals surface area contributed by atoms with Gasteiger partial charge in [-0.1, -0.05) is 23.7 Å². The van der Waals surface area contributed by atoms with Crippen molar-refractivity contribution in [1.82, 2.24) is 15.1 Å². The van der Waals surface area contributed by atoms with E-state index >= 15 is 0 Å². The fraction of sp³-hybridized carbons (Fsp3) is 0.368. The number of rotatable bonds is 4. The second-order valence-electron chi connectivity index (χ2n) is 6.05. The summed E-state index contributed by atoms with van der Waals surface area (Å²) in [5, 5.41) is 4.06. The molecule has 1 aromatic heterocycles. The Morgan fingerprint density at radius 2 is 1.85 bits per heavy atom. The standard InChI is InChI=1S/C19H23ClN4O2/c1-2-21-19(22-14-15-5-7-16(20)8-6-15)24-11-9-23(10-12-24)18(25)17-4-3-13-26-17/h3-8,13H,2,9-12,14H2,1H3,(H,21,22). The smallest absolute Gasteiger partial charge is 0.289 e. The van der Waals surface area contributed by atoms with Crippen LogP contribution < -0.4 is 5.32 Å². The van der Waals surface area contributed by atoms with Crippen molar-refractivity contribution in [3.05, 3.63) is 59.0 Å². The van der Waals surface area contributed by atoms with Gasteiger partial charge in [0.2, 0.25) is 0 Å². The summed E-state index contributed by atoms with van der Waals surface area (Å²) < 4.78 is 5.21. The number of guanidine groups is 1. The second kappa shape index (κ2) is 8.76. The van der Waals surface area contributed by atoms with Crippen LogP contribution in [-0.4, -0.2) is 54.4 Å². The third-order valence-electron chi connectivity index (χ3n) is 4.26. The van der Waals surface area contributed by atoms with Crippen LogP contribution in [0.4, 0.5) is 0 Å². The molecule has 1 N–H and O–H groups in total. The zero-order valence-corrected chi connectivity index (χ0v) is 15.6. The van der Waals surface area contributed by atoms with Gasteiger partial charge in [0.15, 0.2) is 11.7 Å². The van der Waals surface area contributed by atoms with E-state index in [4.69, 9.17) is 21.0 Å². The molecule has 2 aromatic rings. The first-order chi connectivity index (χ1) is 12.7. The SMILES string of the molecule is CCNC(=NCc1ccc(Cl)cc1)N1CCN(C(=O)c2ccco2)CC1. The molecule has 0 bridgehead atoms. The molecule has 6 nitrogen and oxygen atoms in total. The van der Waals surface area contributed by atoms with E-state index in [1.54, 1.807) is 12.1 Å². The zero-order valence-electron chi connectivity index (χ0n) is 14.8. The van der Waals surface area contributed by atoms with Crippen molar-refractivity contribution in [3.8, 4) is 0 Å². The number of piperazine rings is 1. The summed E-state index contributed by atoms with van der Waals surface area (Å²) >= 11 is 5.93. The lowest BCUT2D eigenvalue weighted by molar-refractivity contribution is 0.0657. The van der Waals surface area contributed by atoms with E-state index in [1.807, 2.05) is 29.2 Å². The number of furan rings is 1. The predicted molar refractivity (Wildman–Crippen MR) is 102 cm³/mol. The number of hydrogen-bond donors (Lipinski definition) is 1. The maximum Gasteiger partial charge on any atom is 0.289 e. The molecule has 0 unspecified atom stereocenters. The van der Waals surface area contributed by atoms with Gasteiger partial charge in [0, 0.05) is 37.7 Å². The Bertz CT molecular complexity index is 735. The highest BCUT2D eigenvalue weighted by Gasteiger charge is 2.25. The van der Waals surface area contributed by atoms with Crippen molar-refractivity contribution in [2.24, 2.45) is 4.99 Å². The van der Waals surface area contributed by atoms with Gasteiger partial charge in [-0.15, -0.1) is 0 Å². The van der Waals surface area contributed by atoms with Crippen LogP contribution in [0, 0.1) is 0 Å². The summed E-state index contributed by atoms with van der Waals surface area (Å²) in [6, 6.07) is 11.1. The lowest BCUT2D eigenvalue weighted by Gasteiger charge is -2.36. The minimum atomic E-state index is -0.0576. The first-order valence-electron chi connectivity index (χ1n) is 8.78. The average molecular weight is 375 g/mol. The number of carbonyl (C=O) groups is 1. The minimum absolute atomic E-state index is 0.0576. The molecular formula is C19H23ClN4O2. The summed E-state index contributed by atoms with van der Waals surface area (Å²) in [6.45, 7) is 6.19. The Hall–Kier alpha value is -2.47. The molecule has 26 heavy (non-hydrogen) atoms. The van der Waals surface area contributed by atoms with Crippen molar-refractivity contribution in [3.63, 3.8) is 0 Å². The van der Waals surface area contributed by atoms with Gasteiger partial charge in [-0.05, 0) is 36.8 Å². The number of carbonyl (C=O) groups excluding carboxylic acids is 1. The molecule has 0 radical (unpaired) electrons. The monoisotopic (exact) mass is 374 g/mol. The molecule has 138 valence electrons. The van der Waals surface area contributed by atoms with Crippen molar-refractivity contribution in [2.75, 3.05) is 32.7 Å². The van der Waals surface area contributed by atoms with Gasteiger partial charge in [0.1, 0.15) is 0 Å². The summed E-state index contributed by atoms with van der Waals surface area (Å²) in [6.07, 6.45) is 1.52. The number of hydrogen-bond acceptors (Lipinski definition) is 3. The van der Waals surface area contributed by atoms with Crippen molar-refractivity contribution >= 4 is 23.5 Å². The molecule has 1 aromatic carbocycles. The van der Waals surface area contributed by atoms with Crippen LogP contribution in [0.1, 0.15) is 23.0 Å². The van der Waals surface area contributed by atoms with Gasteiger partial charge in [-0.25, -0.2) is 4.99 Å². The molecule has 1 aliphatic heterocycles. The number of benzene rings is 1. The highest BCUT2D eigenvalue weighted by molar-refractivity contribution is 6.30. The van der Waals surface area contributed by atoms with E-state index in [2.05, 4.69) is 17.1 Å². The van der Waals surface area contributed by atoms with Gasteiger partial charge in [-0.3, -0.25) is 4.79 Å². The number of amides is 1. The first-order valence-corrected chi connectivity index (χ1v) is 9.15. The largest absolute Gasteiger partial charge is 0.459 e. The van der Waals surface area contributed by atoms with Gasteiger partial charge in [0.25, 0.3) is 5.91 Å².